The highest BCUT2D eigenvalue weighted by Gasteiger charge is 2.14. The van der Waals surface area contributed by atoms with E-state index in [2.05, 4.69) is 4.98 Å². The minimum absolute atomic E-state index is 0.137. The van der Waals surface area contributed by atoms with Crippen LogP contribution in [0.15, 0.2) is 12.1 Å². The summed E-state index contributed by atoms with van der Waals surface area (Å²) in [7, 11) is 1.88. The molecule has 0 atom stereocenters. The number of ether oxygens (including phenoxy) is 1. The molecule has 1 aromatic heterocycles. The number of carbonyl (C=O) groups is 2. The highest BCUT2D eigenvalue weighted by Crippen LogP contribution is 2.22. The Bertz CT molecular complexity index is 701. The molecule has 5 nitrogen and oxygen atoms in total. The molecule has 21 heavy (non-hydrogen) atoms. The summed E-state index contributed by atoms with van der Waals surface area (Å²) in [5.41, 5.74) is 3.36. The number of rotatable bonds is 5. The first-order valence-corrected chi connectivity index (χ1v) is 7.06. The van der Waals surface area contributed by atoms with Crippen molar-refractivity contribution in [3.63, 3.8) is 0 Å². The van der Waals surface area contributed by atoms with Gasteiger partial charge in [0.15, 0.2) is 5.78 Å². The van der Waals surface area contributed by atoms with Crippen molar-refractivity contribution in [2.45, 2.75) is 40.2 Å². The first-order chi connectivity index (χ1) is 9.93. The molecule has 0 amide bonds. The van der Waals surface area contributed by atoms with E-state index in [1.54, 1.807) is 0 Å². The number of hydrogen-bond donors (Lipinski definition) is 0. The van der Waals surface area contributed by atoms with Gasteiger partial charge in [0.05, 0.1) is 11.0 Å². The minimum atomic E-state index is -0.336. The maximum atomic E-state index is 12.1. The van der Waals surface area contributed by atoms with Crippen molar-refractivity contribution in [1.82, 2.24) is 9.55 Å². The van der Waals surface area contributed by atoms with Crippen LogP contribution in [0.2, 0.25) is 0 Å². The third kappa shape index (κ3) is 3.12. The zero-order chi connectivity index (χ0) is 15.6. The molecule has 0 aliphatic rings. The highest BCUT2D eigenvalue weighted by atomic mass is 16.5. The number of carbonyl (C=O) groups excluding carboxylic acids is 2. The Labute approximate surface area is 123 Å². The molecule has 0 aliphatic heterocycles. The molecule has 0 fully saturated rings. The molecule has 0 saturated carbocycles. The van der Waals surface area contributed by atoms with E-state index in [4.69, 9.17) is 4.74 Å². The van der Waals surface area contributed by atoms with Crippen LogP contribution in [-0.2, 0) is 23.2 Å². The number of ketones is 1. The molecule has 5 heteroatoms. The number of Topliss-reactive ketones (excluding diaryl/α,β-unsaturated/α-hetero) is 1. The standard InChI is InChI=1S/C16H20N2O3/c1-5-6-15(20)12-8-13-14(7-10(12)2)18(4)16(17-13)9-21-11(3)19/h7-8H,5-6,9H2,1-4H3. The Morgan fingerprint density at radius 3 is 2.67 bits per heavy atom. The van der Waals surface area contributed by atoms with Crippen LogP contribution in [0.1, 0.15) is 48.4 Å². The molecule has 0 N–H and O–H groups in total. The molecule has 0 saturated heterocycles. The third-order valence-corrected chi connectivity index (χ3v) is 3.50. The topological polar surface area (TPSA) is 61.2 Å². The molecule has 0 unspecified atom stereocenters. The number of aromatic nitrogens is 2. The Hall–Kier alpha value is -2.17. The van der Waals surface area contributed by atoms with Crippen molar-refractivity contribution in [3.8, 4) is 0 Å². The van der Waals surface area contributed by atoms with Crippen LogP contribution < -0.4 is 0 Å². The largest absolute Gasteiger partial charge is 0.458 e. The van der Waals surface area contributed by atoms with Crippen molar-refractivity contribution in [2.75, 3.05) is 0 Å². The summed E-state index contributed by atoms with van der Waals surface area (Å²) in [6.45, 7) is 5.43. The first kappa shape index (κ1) is 15.2. The molecular weight excluding hydrogens is 268 g/mol. The quantitative estimate of drug-likeness (QED) is 0.627. The lowest BCUT2D eigenvalue weighted by Crippen LogP contribution is -2.04. The fourth-order valence-corrected chi connectivity index (χ4v) is 2.35. The second kappa shape index (κ2) is 6.08. The van der Waals surface area contributed by atoms with Crippen molar-refractivity contribution in [2.24, 2.45) is 7.05 Å². The van der Waals surface area contributed by atoms with E-state index in [0.29, 0.717) is 12.2 Å². The fourth-order valence-electron chi connectivity index (χ4n) is 2.35. The van der Waals surface area contributed by atoms with Crippen molar-refractivity contribution in [3.05, 3.63) is 29.1 Å². The molecule has 1 heterocycles. The van der Waals surface area contributed by atoms with E-state index >= 15 is 0 Å². The number of fused-ring (bicyclic) bond motifs is 1. The summed E-state index contributed by atoms with van der Waals surface area (Å²) in [6.07, 6.45) is 1.37. The number of nitrogens with zero attached hydrogens (tertiary/aromatic N) is 2. The Morgan fingerprint density at radius 1 is 1.33 bits per heavy atom. The third-order valence-electron chi connectivity index (χ3n) is 3.50. The van der Waals surface area contributed by atoms with E-state index in [1.165, 1.54) is 6.92 Å². The van der Waals surface area contributed by atoms with Gasteiger partial charge in [-0.05, 0) is 31.0 Å². The Morgan fingerprint density at radius 2 is 2.05 bits per heavy atom. The SMILES string of the molecule is CCCC(=O)c1cc2nc(COC(C)=O)n(C)c2cc1C. The van der Waals surface area contributed by atoms with Crippen LogP contribution in [0.3, 0.4) is 0 Å². The van der Waals surface area contributed by atoms with Gasteiger partial charge >= 0.3 is 5.97 Å². The summed E-state index contributed by atoms with van der Waals surface area (Å²) >= 11 is 0. The maximum absolute atomic E-state index is 12.1. The van der Waals surface area contributed by atoms with E-state index in [0.717, 1.165) is 28.6 Å². The number of imidazole rings is 1. The predicted octanol–water partition coefficient (Wildman–Crippen LogP) is 2.93. The monoisotopic (exact) mass is 288 g/mol. The van der Waals surface area contributed by atoms with Gasteiger partial charge in [-0.25, -0.2) is 4.98 Å². The highest BCUT2D eigenvalue weighted by molar-refractivity contribution is 6.00. The van der Waals surface area contributed by atoms with E-state index in [1.807, 2.05) is 37.6 Å². The summed E-state index contributed by atoms with van der Waals surface area (Å²) < 4.78 is 6.88. The first-order valence-electron chi connectivity index (χ1n) is 7.06. The van der Waals surface area contributed by atoms with Gasteiger partial charge in [-0.15, -0.1) is 0 Å². The summed E-state index contributed by atoms with van der Waals surface area (Å²) in [5.74, 6) is 0.473. The van der Waals surface area contributed by atoms with Gasteiger partial charge in [-0.1, -0.05) is 6.92 Å². The van der Waals surface area contributed by atoms with Crippen LogP contribution in [0, 0.1) is 6.92 Å². The van der Waals surface area contributed by atoms with Crippen LogP contribution in [0.4, 0.5) is 0 Å². The van der Waals surface area contributed by atoms with Crippen LogP contribution in [0.5, 0.6) is 0 Å². The van der Waals surface area contributed by atoms with Gasteiger partial charge in [0, 0.05) is 26.0 Å². The summed E-state index contributed by atoms with van der Waals surface area (Å²) in [5, 5.41) is 0. The molecule has 0 radical (unpaired) electrons. The second-order valence-corrected chi connectivity index (χ2v) is 5.20. The average molecular weight is 288 g/mol. The number of benzene rings is 1. The van der Waals surface area contributed by atoms with E-state index in [9.17, 15) is 9.59 Å². The lowest BCUT2D eigenvalue weighted by Gasteiger charge is -2.05. The Balaban J connectivity index is 2.43. The molecule has 0 bridgehead atoms. The maximum Gasteiger partial charge on any atom is 0.303 e. The predicted molar refractivity (Wildman–Crippen MR) is 80.2 cm³/mol. The second-order valence-electron chi connectivity index (χ2n) is 5.20. The molecule has 0 spiro atoms. The Kier molecular flexibility index (Phi) is 4.40. The molecule has 2 aromatic rings. The van der Waals surface area contributed by atoms with Gasteiger partial charge in [0.1, 0.15) is 12.4 Å². The zero-order valence-corrected chi connectivity index (χ0v) is 12.9. The van der Waals surface area contributed by atoms with Crippen molar-refractivity contribution >= 4 is 22.8 Å². The molecule has 112 valence electrons. The normalized spacial score (nSPS) is 10.9. The van der Waals surface area contributed by atoms with E-state index < -0.39 is 0 Å². The molecule has 1 aromatic carbocycles. The van der Waals surface area contributed by atoms with Crippen LogP contribution in [0.25, 0.3) is 11.0 Å². The van der Waals surface area contributed by atoms with E-state index in [-0.39, 0.29) is 18.4 Å². The lowest BCUT2D eigenvalue weighted by molar-refractivity contribution is -0.142. The number of esters is 1. The number of aryl methyl sites for hydroxylation is 2. The van der Waals surface area contributed by atoms with Crippen LogP contribution in [-0.4, -0.2) is 21.3 Å². The van der Waals surface area contributed by atoms with Gasteiger partial charge in [0.25, 0.3) is 0 Å². The fraction of sp³-hybridized carbons (Fsp3) is 0.438. The van der Waals surface area contributed by atoms with Gasteiger partial charge in [-0.3, -0.25) is 9.59 Å². The zero-order valence-electron chi connectivity index (χ0n) is 12.9. The smallest absolute Gasteiger partial charge is 0.303 e. The lowest BCUT2D eigenvalue weighted by atomic mass is 10.0. The average Bonchev–Trinajstić information content (AvgIpc) is 2.72. The van der Waals surface area contributed by atoms with Gasteiger partial charge in [-0.2, -0.15) is 0 Å². The number of hydrogen-bond acceptors (Lipinski definition) is 4. The molecular formula is C16H20N2O3. The molecule has 0 aliphatic carbocycles. The summed E-state index contributed by atoms with van der Waals surface area (Å²) in [4.78, 5) is 27.5. The van der Waals surface area contributed by atoms with Crippen LogP contribution >= 0.6 is 0 Å². The van der Waals surface area contributed by atoms with Crippen molar-refractivity contribution < 1.29 is 14.3 Å². The van der Waals surface area contributed by atoms with Gasteiger partial charge in [0.2, 0.25) is 0 Å². The van der Waals surface area contributed by atoms with Crippen molar-refractivity contribution in [1.29, 1.82) is 0 Å². The molecule has 2 rings (SSSR count). The summed E-state index contributed by atoms with van der Waals surface area (Å²) in [6, 6.07) is 3.79. The minimum Gasteiger partial charge on any atom is -0.458 e. The van der Waals surface area contributed by atoms with Gasteiger partial charge < -0.3 is 9.30 Å².